The third-order valence-electron chi connectivity index (χ3n) is 15.8. The molecule has 2 aromatic rings. The Labute approximate surface area is 474 Å². The fourth-order valence-corrected chi connectivity index (χ4v) is 11.1. The second-order valence-corrected chi connectivity index (χ2v) is 23.8. The predicted molar refractivity (Wildman–Crippen MR) is 303 cm³/mol. The van der Waals surface area contributed by atoms with Gasteiger partial charge in [-0.1, -0.05) is 129 Å². The molecule has 0 aliphatic carbocycles. The predicted octanol–water partition coefficient (Wildman–Crippen LogP) is 3.34. The van der Waals surface area contributed by atoms with Crippen molar-refractivity contribution in [2.24, 2.45) is 29.6 Å². The van der Waals surface area contributed by atoms with E-state index < -0.39 is 144 Å². The number of aliphatic hydroxyl groups excluding tert-OH is 1. The molecule has 5 N–H and O–H groups in total. The first-order valence-corrected chi connectivity index (χ1v) is 28.4. The van der Waals surface area contributed by atoms with Crippen molar-refractivity contribution in [3.05, 3.63) is 71.8 Å². The summed E-state index contributed by atoms with van der Waals surface area (Å²) in [5.74, 6) is -9.34. The molecule has 0 unspecified atom stereocenters. The molecule has 4 rings (SSSR count). The third kappa shape index (κ3) is 16.6. The van der Waals surface area contributed by atoms with Crippen LogP contribution in [0, 0.1) is 29.6 Å². The first kappa shape index (κ1) is 66.1. The van der Waals surface area contributed by atoms with E-state index in [1.807, 2.05) is 39.0 Å². The summed E-state index contributed by atoms with van der Waals surface area (Å²) in [6, 6.07) is 7.71. The second kappa shape index (κ2) is 29.3. The van der Waals surface area contributed by atoms with E-state index in [2.05, 4.69) is 16.0 Å². The van der Waals surface area contributed by atoms with Gasteiger partial charge in [0, 0.05) is 60.1 Å². The molecule has 20 nitrogen and oxygen atoms in total. The summed E-state index contributed by atoms with van der Waals surface area (Å²) in [5, 5.41) is 30.6. The maximum Gasteiger partial charge on any atom is 0.332 e. The van der Waals surface area contributed by atoms with Gasteiger partial charge in [0.15, 0.2) is 12.1 Å². The zero-order chi connectivity index (χ0) is 60.1. The molecule has 2 saturated heterocycles. The molecule has 0 radical (unpaired) electrons. The number of rotatable bonds is 14. The highest BCUT2D eigenvalue weighted by atomic mass is 16.6. The number of nitrogens with zero attached hydrogens (tertiary/aromatic N) is 5. The zero-order valence-corrected chi connectivity index (χ0v) is 49.9. The Morgan fingerprint density at radius 3 is 1.60 bits per heavy atom. The van der Waals surface area contributed by atoms with Crippen LogP contribution >= 0.6 is 0 Å². The number of aliphatic hydroxyl groups is 2. The lowest BCUT2D eigenvalue weighted by Crippen LogP contribution is -2.63. The number of esters is 1. The minimum Gasteiger partial charge on any atom is -0.450 e. The van der Waals surface area contributed by atoms with Crippen molar-refractivity contribution in [2.75, 3.05) is 41.3 Å². The van der Waals surface area contributed by atoms with Gasteiger partial charge in [-0.2, -0.15) is 0 Å². The van der Waals surface area contributed by atoms with Gasteiger partial charge in [0.2, 0.25) is 41.4 Å². The van der Waals surface area contributed by atoms with Gasteiger partial charge in [-0.3, -0.25) is 38.4 Å². The van der Waals surface area contributed by atoms with E-state index in [1.165, 1.54) is 56.7 Å². The molecule has 2 aliphatic rings. The molecule has 2 fully saturated rings. The van der Waals surface area contributed by atoms with E-state index in [0.717, 1.165) is 9.80 Å². The zero-order valence-electron chi connectivity index (χ0n) is 49.9. The quantitative estimate of drug-likeness (QED) is 0.171. The van der Waals surface area contributed by atoms with Crippen LogP contribution in [0.4, 0.5) is 0 Å². The number of carbonyl (C=O) groups excluding carboxylic acids is 9. The monoisotopic (exact) mass is 1120 g/mol. The van der Waals surface area contributed by atoms with Crippen molar-refractivity contribution in [3.8, 4) is 0 Å². The Balaban J connectivity index is 1.99. The van der Waals surface area contributed by atoms with Gasteiger partial charge < -0.3 is 55.4 Å². The van der Waals surface area contributed by atoms with Crippen molar-refractivity contribution < 1.29 is 58.1 Å². The van der Waals surface area contributed by atoms with Crippen LogP contribution in [0.15, 0.2) is 60.7 Å². The molecule has 11 atom stereocenters. The highest BCUT2D eigenvalue weighted by Gasteiger charge is 2.48. The van der Waals surface area contributed by atoms with Crippen molar-refractivity contribution >= 4 is 53.2 Å². The van der Waals surface area contributed by atoms with Crippen LogP contribution < -0.4 is 16.0 Å². The Hall–Kier alpha value is -6.41. The molecule has 2 heterocycles. The molecule has 0 spiro atoms. The number of nitrogens with one attached hydrogen (secondary N) is 3. The largest absolute Gasteiger partial charge is 0.450 e. The average Bonchev–Trinajstić information content (AvgIpc) is 3.90. The topological polar surface area (TPSA) is 256 Å². The van der Waals surface area contributed by atoms with Gasteiger partial charge in [-0.05, 0) is 74.3 Å². The lowest BCUT2D eigenvalue weighted by atomic mass is 9.93. The lowest BCUT2D eigenvalue weighted by molar-refractivity contribution is -0.177. The van der Waals surface area contributed by atoms with Crippen molar-refractivity contribution in [2.45, 2.75) is 181 Å². The summed E-state index contributed by atoms with van der Waals surface area (Å²) in [5.41, 5.74) is -0.639. The number of cyclic esters (lactones) is 1. The molecule has 8 amide bonds. The van der Waals surface area contributed by atoms with Crippen LogP contribution in [0.25, 0.3) is 0 Å². The van der Waals surface area contributed by atoms with Gasteiger partial charge in [-0.15, -0.1) is 0 Å². The van der Waals surface area contributed by atoms with Crippen molar-refractivity contribution in [1.29, 1.82) is 0 Å². The van der Waals surface area contributed by atoms with Crippen molar-refractivity contribution in [1.82, 2.24) is 40.4 Å². The summed E-state index contributed by atoms with van der Waals surface area (Å²) in [6.45, 7) is 18.1. The smallest absolute Gasteiger partial charge is 0.332 e. The number of fused-ring (bicyclic) bond motifs is 1. The van der Waals surface area contributed by atoms with Crippen LogP contribution in [0.2, 0.25) is 0 Å². The number of benzene rings is 2. The summed E-state index contributed by atoms with van der Waals surface area (Å²) in [4.78, 5) is 140. The van der Waals surface area contributed by atoms with Crippen LogP contribution in [0.5, 0.6) is 0 Å². The minimum absolute atomic E-state index is 0.0297. The molecule has 0 bridgehead atoms. The maximum atomic E-state index is 15.3. The van der Waals surface area contributed by atoms with E-state index >= 15 is 9.59 Å². The van der Waals surface area contributed by atoms with E-state index in [-0.39, 0.29) is 44.6 Å². The number of amides is 8. The third-order valence-corrected chi connectivity index (χ3v) is 15.8. The molecule has 2 aromatic carbocycles. The number of hydrogen-bond donors (Lipinski definition) is 5. The molecule has 20 heteroatoms. The van der Waals surface area contributed by atoms with E-state index in [1.54, 1.807) is 84.0 Å². The average molecular weight is 1120 g/mol. The fourth-order valence-electron chi connectivity index (χ4n) is 11.1. The number of ether oxygens (including phenoxy) is 1. The van der Waals surface area contributed by atoms with Gasteiger partial charge in [-0.25, -0.2) is 4.79 Å². The van der Waals surface area contributed by atoms with E-state index in [0.29, 0.717) is 24.0 Å². The number of hydrogen-bond acceptors (Lipinski definition) is 12. The first-order chi connectivity index (χ1) is 37.5. The van der Waals surface area contributed by atoms with Crippen molar-refractivity contribution in [3.63, 3.8) is 0 Å². The Morgan fingerprint density at radius 1 is 0.613 bits per heavy atom. The van der Waals surface area contributed by atoms with Crippen LogP contribution in [-0.2, 0) is 60.7 Å². The highest BCUT2D eigenvalue weighted by molar-refractivity contribution is 5.99. The van der Waals surface area contributed by atoms with Gasteiger partial charge in [0.1, 0.15) is 42.3 Å². The van der Waals surface area contributed by atoms with E-state index in [4.69, 9.17) is 4.74 Å². The number of carbonyl (C=O) groups is 9. The second-order valence-electron chi connectivity index (χ2n) is 23.8. The van der Waals surface area contributed by atoms with Gasteiger partial charge in [0.05, 0.1) is 5.60 Å². The minimum atomic E-state index is -2.02. The van der Waals surface area contributed by atoms with Crippen LogP contribution in [0.1, 0.15) is 119 Å². The molecule has 0 saturated carbocycles. The maximum absolute atomic E-state index is 15.3. The Bertz CT molecular complexity index is 2450. The molecule has 2 aliphatic heterocycles. The van der Waals surface area contributed by atoms with E-state index in [9.17, 15) is 43.8 Å². The summed E-state index contributed by atoms with van der Waals surface area (Å²) in [6.07, 6.45) is -0.536. The molecular weight excluding hydrogens is 1020 g/mol. The fraction of sp³-hybridized carbons (Fsp3) is 0.650. The highest BCUT2D eigenvalue weighted by Crippen LogP contribution is 2.27. The number of likely N-dealkylation sites (N-methyl/N-ethyl adjacent to an activating group) is 4. The van der Waals surface area contributed by atoms with Gasteiger partial charge >= 0.3 is 5.97 Å². The molecule has 444 valence electrons. The summed E-state index contributed by atoms with van der Waals surface area (Å²) in [7, 11) is 5.55. The summed E-state index contributed by atoms with van der Waals surface area (Å²) < 4.78 is 6.04. The molecular formula is C60H92N8O12. The molecule has 80 heavy (non-hydrogen) atoms. The standard InChI is InChI=1S/C60H92N8O12/c1-16-38(8)46-57(76)65(13)47(36(4)5)52(71)61-42(32-35(2)3)55(74)67(15)50(60(10,11)79)59(78)80-49(39(9)29-31-69)58(77)66(14)48(37(6)7)53(72)62-43(33-40-24-19-17-20-25-40)54(73)64(12)45(34-41-26-21-18-22-27-41)56(75)68-30-23-28-44(68)51(70)63-46/h17-22,24-27,35-39,42-50,69,79H,16,23,28-34H2,1-15H3,(H,61,71)(H,62,72)(H,63,70)/t38-,39-,42+,43+,44+,45+,46+,47+,48+,49-,50-/m1/s1. The normalized spacial score (nSPS) is 26.3. The van der Waals surface area contributed by atoms with Gasteiger partial charge in [0.25, 0.3) is 5.91 Å². The Morgan fingerprint density at radius 2 is 1.11 bits per heavy atom. The van der Waals surface area contributed by atoms with Crippen LogP contribution in [0.3, 0.4) is 0 Å². The summed E-state index contributed by atoms with van der Waals surface area (Å²) >= 11 is 0. The van der Waals surface area contributed by atoms with Crippen LogP contribution in [-0.4, -0.2) is 189 Å². The first-order valence-electron chi connectivity index (χ1n) is 28.4. The lowest BCUT2D eigenvalue weighted by Gasteiger charge is -2.39. The Kier molecular flexibility index (Phi) is 24.3. The SMILES string of the molecule is CC[C@@H](C)[C@@H]1NC(=O)[C@@H]2CCCN2C(=O)[C@H](Cc2ccccc2)N(C)C(=O)[C@H](Cc2ccccc2)NC(=O)[C@H](C(C)C)N(C)C(=O)[C@@H]([C@H](C)CCO)OC(=O)[C@H](C(C)(C)O)N(C)C(=O)[C@H](CC(C)C)NC(=O)[C@H](C(C)C)N(C)C1=O. The molecule has 0 aromatic heterocycles.